The van der Waals surface area contributed by atoms with E-state index in [2.05, 4.69) is 29.1 Å². The zero-order chi connectivity index (χ0) is 14.1. The smallest absolute Gasteiger partial charge is 0.161 e. The maximum absolute atomic E-state index is 5.51. The van der Waals surface area contributed by atoms with Crippen molar-refractivity contribution in [3.8, 4) is 5.75 Å². The Morgan fingerprint density at radius 3 is 2.85 bits per heavy atom. The van der Waals surface area contributed by atoms with Crippen LogP contribution in [0.3, 0.4) is 0 Å². The number of hydrogen-bond donors (Lipinski definition) is 1. The van der Waals surface area contributed by atoms with Crippen molar-refractivity contribution in [3.63, 3.8) is 0 Å². The molecule has 2 bridgehead atoms. The van der Waals surface area contributed by atoms with Crippen LogP contribution >= 0.6 is 0 Å². The minimum atomic E-state index is 0.358. The fraction of sp³-hybridized carbons (Fsp3) is 0.812. The van der Waals surface area contributed by atoms with Crippen molar-refractivity contribution in [2.24, 2.45) is 17.8 Å². The topological polar surface area (TPSA) is 39.1 Å². The van der Waals surface area contributed by atoms with Crippen molar-refractivity contribution in [2.75, 3.05) is 14.2 Å². The van der Waals surface area contributed by atoms with Gasteiger partial charge in [0.15, 0.2) is 5.75 Å². The number of fused-ring (bicyclic) bond motifs is 2. The first-order valence-electron chi connectivity index (χ1n) is 8.03. The predicted molar refractivity (Wildman–Crippen MR) is 79.8 cm³/mol. The molecule has 3 rings (SSSR count). The van der Waals surface area contributed by atoms with Crippen molar-refractivity contribution in [2.45, 2.75) is 51.6 Å². The molecule has 0 spiro atoms. The average Bonchev–Trinajstić information content (AvgIpc) is 3.18. The minimum Gasteiger partial charge on any atom is -0.493 e. The summed E-state index contributed by atoms with van der Waals surface area (Å²) in [5.41, 5.74) is 1.22. The molecule has 0 radical (unpaired) electrons. The quantitative estimate of drug-likeness (QED) is 0.869. The molecule has 1 N–H and O–H groups in total. The van der Waals surface area contributed by atoms with Gasteiger partial charge < -0.3 is 10.1 Å². The minimum absolute atomic E-state index is 0.358. The molecule has 2 aliphatic rings. The summed E-state index contributed by atoms with van der Waals surface area (Å²) in [7, 11) is 3.80. The molecular weight excluding hydrogens is 250 g/mol. The van der Waals surface area contributed by atoms with E-state index in [9.17, 15) is 0 Å². The van der Waals surface area contributed by atoms with Gasteiger partial charge in [0.1, 0.15) is 0 Å². The number of nitrogens with one attached hydrogen (secondary N) is 1. The Morgan fingerprint density at radius 2 is 2.30 bits per heavy atom. The standard InChI is InChI=1S/C16H27N3O/c1-4-19-16(15(20-3)10-18-19)14(17-2)9-13-8-11-5-6-12(13)7-11/h10-14,17H,4-9H2,1-3H3. The van der Waals surface area contributed by atoms with E-state index in [4.69, 9.17) is 4.74 Å². The Bertz CT molecular complexity index is 435. The van der Waals surface area contributed by atoms with Gasteiger partial charge in [-0.2, -0.15) is 5.10 Å². The Kier molecular flexibility index (Phi) is 4.01. The number of aromatic nitrogens is 2. The van der Waals surface area contributed by atoms with Crippen LogP contribution in [0.15, 0.2) is 6.20 Å². The summed E-state index contributed by atoms with van der Waals surface area (Å²) in [6, 6.07) is 0.358. The highest BCUT2D eigenvalue weighted by atomic mass is 16.5. The fourth-order valence-corrected chi connectivity index (χ4v) is 4.47. The lowest BCUT2D eigenvalue weighted by molar-refractivity contribution is 0.275. The number of rotatable bonds is 6. The van der Waals surface area contributed by atoms with Crippen molar-refractivity contribution >= 4 is 0 Å². The van der Waals surface area contributed by atoms with E-state index in [0.29, 0.717) is 6.04 Å². The lowest BCUT2D eigenvalue weighted by Gasteiger charge is -2.27. The highest BCUT2D eigenvalue weighted by Crippen LogP contribution is 2.51. The van der Waals surface area contributed by atoms with Gasteiger partial charge in [0.2, 0.25) is 0 Å². The lowest BCUT2D eigenvalue weighted by Crippen LogP contribution is -2.25. The molecule has 1 aromatic rings. The van der Waals surface area contributed by atoms with Gasteiger partial charge in [0.05, 0.1) is 25.0 Å². The number of hydrogen-bond acceptors (Lipinski definition) is 3. The number of ether oxygens (including phenoxy) is 1. The van der Waals surface area contributed by atoms with Crippen LogP contribution in [-0.4, -0.2) is 23.9 Å². The summed E-state index contributed by atoms with van der Waals surface area (Å²) in [5, 5.41) is 7.95. The van der Waals surface area contributed by atoms with Crippen molar-refractivity contribution < 1.29 is 4.74 Å². The molecule has 112 valence electrons. The summed E-state index contributed by atoms with van der Waals surface area (Å²) < 4.78 is 7.59. The Balaban J connectivity index is 1.77. The second kappa shape index (κ2) is 5.76. The van der Waals surface area contributed by atoms with Crippen LogP contribution in [-0.2, 0) is 6.54 Å². The monoisotopic (exact) mass is 277 g/mol. The molecule has 0 amide bonds. The van der Waals surface area contributed by atoms with E-state index in [0.717, 1.165) is 30.0 Å². The van der Waals surface area contributed by atoms with Gasteiger partial charge in [-0.3, -0.25) is 4.68 Å². The third kappa shape index (κ3) is 2.34. The fourth-order valence-electron chi connectivity index (χ4n) is 4.47. The summed E-state index contributed by atoms with van der Waals surface area (Å²) in [5.74, 6) is 3.80. The molecule has 4 atom stereocenters. The molecule has 2 aliphatic carbocycles. The molecular formula is C16H27N3O. The Morgan fingerprint density at radius 1 is 1.45 bits per heavy atom. The molecule has 0 aliphatic heterocycles. The zero-order valence-corrected chi connectivity index (χ0v) is 12.9. The molecule has 1 aromatic heterocycles. The van der Waals surface area contributed by atoms with Gasteiger partial charge in [-0.1, -0.05) is 6.42 Å². The van der Waals surface area contributed by atoms with Gasteiger partial charge in [-0.05, 0) is 57.4 Å². The van der Waals surface area contributed by atoms with Crippen molar-refractivity contribution in [1.29, 1.82) is 0 Å². The molecule has 4 heteroatoms. The summed E-state index contributed by atoms with van der Waals surface area (Å²) in [6.07, 6.45) is 8.91. The molecule has 1 heterocycles. The molecule has 4 nitrogen and oxygen atoms in total. The third-order valence-corrected chi connectivity index (χ3v) is 5.47. The van der Waals surface area contributed by atoms with E-state index >= 15 is 0 Å². The zero-order valence-electron chi connectivity index (χ0n) is 12.9. The maximum Gasteiger partial charge on any atom is 0.161 e. The van der Waals surface area contributed by atoms with E-state index in [1.54, 1.807) is 7.11 Å². The largest absolute Gasteiger partial charge is 0.493 e. The molecule has 2 fully saturated rings. The van der Waals surface area contributed by atoms with Gasteiger partial charge in [0.25, 0.3) is 0 Å². The van der Waals surface area contributed by atoms with Crippen LogP contribution in [0.5, 0.6) is 5.75 Å². The van der Waals surface area contributed by atoms with Crippen molar-refractivity contribution in [1.82, 2.24) is 15.1 Å². The van der Waals surface area contributed by atoms with Crippen LogP contribution in [0.25, 0.3) is 0 Å². The first-order valence-corrected chi connectivity index (χ1v) is 8.03. The normalized spacial score (nSPS) is 29.9. The summed E-state index contributed by atoms with van der Waals surface area (Å²) in [4.78, 5) is 0. The van der Waals surface area contributed by atoms with Crippen LogP contribution in [0.1, 0.15) is 50.8 Å². The van der Waals surface area contributed by atoms with Gasteiger partial charge in [0, 0.05) is 6.54 Å². The molecule has 0 saturated heterocycles. The van der Waals surface area contributed by atoms with Gasteiger partial charge in [-0.15, -0.1) is 0 Å². The van der Waals surface area contributed by atoms with Crippen LogP contribution < -0.4 is 10.1 Å². The average molecular weight is 277 g/mol. The predicted octanol–water partition coefficient (Wildman–Crippen LogP) is 3.00. The van der Waals surface area contributed by atoms with E-state index < -0.39 is 0 Å². The first-order chi connectivity index (χ1) is 9.76. The number of nitrogens with zero attached hydrogens (tertiary/aromatic N) is 2. The van der Waals surface area contributed by atoms with Crippen LogP contribution in [0.2, 0.25) is 0 Å². The number of methoxy groups -OCH3 is 1. The lowest BCUT2D eigenvalue weighted by atomic mass is 9.83. The van der Waals surface area contributed by atoms with Crippen LogP contribution in [0.4, 0.5) is 0 Å². The van der Waals surface area contributed by atoms with Gasteiger partial charge >= 0.3 is 0 Å². The maximum atomic E-state index is 5.51. The van der Waals surface area contributed by atoms with E-state index in [1.807, 2.05) is 6.20 Å². The Hall–Kier alpha value is -1.03. The highest BCUT2D eigenvalue weighted by molar-refractivity contribution is 5.28. The SMILES string of the molecule is CCn1ncc(OC)c1C(CC1CC2CCC1C2)NC. The highest BCUT2D eigenvalue weighted by Gasteiger charge is 2.40. The third-order valence-electron chi connectivity index (χ3n) is 5.47. The van der Waals surface area contributed by atoms with Crippen molar-refractivity contribution in [3.05, 3.63) is 11.9 Å². The second-order valence-electron chi connectivity index (χ2n) is 6.43. The Labute approximate surface area is 121 Å². The number of aryl methyl sites for hydroxylation is 1. The van der Waals surface area contributed by atoms with E-state index in [1.165, 1.54) is 37.8 Å². The molecule has 0 aromatic carbocycles. The second-order valence-corrected chi connectivity index (χ2v) is 6.43. The van der Waals surface area contributed by atoms with Gasteiger partial charge in [-0.25, -0.2) is 0 Å². The molecule has 4 unspecified atom stereocenters. The van der Waals surface area contributed by atoms with Crippen LogP contribution in [0, 0.1) is 17.8 Å². The molecule has 2 saturated carbocycles. The summed E-state index contributed by atoms with van der Waals surface area (Å²) in [6.45, 7) is 3.04. The first kappa shape index (κ1) is 13.9. The van der Waals surface area contributed by atoms with E-state index in [-0.39, 0.29) is 0 Å². The molecule has 20 heavy (non-hydrogen) atoms. The summed E-state index contributed by atoms with van der Waals surface area (Å²) >= 11 is 0.